The van der Waals surface area contributed by atoms with Crippen LogP contribution in [0.2, 0.25) is 51.4 Å². The van der Waals surface area contributed by atoms with Crippen molar-refractivity contribution in [3.05, 3.63) is 171 Å². The molecule has 2 N–H and O–H groups in total. The molecule has 107 heavy (non-hydrogen) atoms. The normalized spacial score (nSPS) is 14.7. The number of ether oxygens (including phenoxy) is 5. The average Bonchev–Trinajstić information content (AvgIpc) is 0.958. The van der Waals surface area contributed by atoms with Gasteiger partial charge in [0, 0.05) is 91.7 Å². The van der Waals surface area contributed by atoms with Crippen LogP contribution in [-0.2, 0) is 50.2 Å². The molecule has 3 aliphatic rings. The van der Waals surface area contributed by atoms with Crippen molar-refractivity contribution in [2.24, 2.45) is 0 Å². The zero-order valence-electron chi connectivity index (χ0n) is 62.2. The fourth-order valence-electron chi connectivity index (χ4n) is 12.6. The van der Waals surface area contributed by atoms with Gasteiger partial charge in [-0.2, -0.15) is 0 Å². The van der Waals surface area contributed by atoms with Crippen LogP contribution < -0.4 is 21.6 Å². The third-order valence-electron chi connectivity index (χ3n) is 18.4. The van der Waals surface area contributed by atoms with E-state index < -0.39 is 23.4 Å². The molecule has 20 nitrogen and oxygen atoms in total. The van der Waals surface area contributed by atoms with Gasteiger partial charge in [0.2, 0.25) is 0 Å². The highest BCUT2D eigenvalue weighted by molar-refractivity contribution is 14.1. The lowest BCUT2D eigenvalue weighted by molar-refractivity contribution is -0.898. The number of hydrogen-bond donors (Lipinski definition) is 2. The lowest BCUT2D eigenvalue weighted by Crippen LogP contribution is -3.15. The zero-order chi connectivity index (χ0) is 75.2. The first-order valence-corrected chi connectivity index (χ1v) is 48.6. The van der Waals surface area contributed by atoms with Crippen molar-refractivity contribution < 1.29 is 41.9 Å². The van der Waals surface area contributed by atoms with E-state index in [1.807, 2.05) is 104 Å². The van der Waals surface area contributed by atoms with E-state index in [-0.39, 0.29) is 41.3 Å². The number of hydrogen-bond acceptors (Lipinski definition) is 19. The van der Waals surface area contributed by atoms with Gasteiger partial charge in [0.1, 0.15) is 30.5 Å². The Labute approximate surface area is 657 Å². The minimum absolute atomic E-state index is 0. The number of rotatable bonds is 19. The maximum atomic E-state index is 13.9. The van der Waals surface area contributed by atoms with Gasteiger partial charge in [0.05, 0.1) is 99.5 Å². The lowest BCUT2D eigenvalue weighted by atomic mass is 9.98. The number of aromatic amines is 1. The summed E-state index contributed by atoms with van der Waals surface area (Å²) < 4.78 is 58.9. The highest BCUT2D eigenvalue weighted by Crippen LogP contribution is 2.31. The van der Waals surface area contributed by atoms with Gasteiger partial charge in [-0.1, -0.05) is 89.9 Å². The second-order valence-electron chi connectivity index (χ2n) is 29.0. The molecular weight excluding hydrogens is 1640 g/mol. The molecule has 0 amide bonds. The first-order valence-electron chi connectivity index (χ1n) is 35.6. The van der Waals surface area contributed by atoms with Gasteiger partial charge in [0.15, 0.2) is 17.5 Å². The maximum absolute atomic E-state index is 13.9. The van der Waals surface area contributed by atoms with Crippen LogP contribution in [0.5, 0.6) is 0 Å². The molecule has 3 fully saturated rings. The van der Waals surface area contributed by atoms with Gasteiger partial charge in [0.25, 0.3) is 23.9 Å². The molecule has 0 spiro atoms. The van der Waals surface area contributed by atoms with Gasteiger partial charge in [-0.25, -0.2) is 15.0 Å². The van der Waals surface area contributed by atoms with Crippen LogP contribution >= 0.6 is 72.5 Å². The number of benzene rings is 3. The molecule has 0 aliphatic carbocycles. The summed E-state index contributed by atoms with van der Waals surface area (Å²) >= 11 is 10.6. The number of H-pyrrole nitrogens is 1. The Morgan fingerprint density at radius 1 is 0.561 bits per heavy atom. The van der Waals surface area contributed by atoms with Crippen LogP contribution in [0.25, 0.3) is 97.5 Å². The third-order valence-corrected chi connectivity index (χ3v) is 24.9. The van der Waals surface area contributed by atoms with Crippen LogP contribution in [-0.4, -0.2) is 181 Å². The van der Waals surface area contributed by atoms with Crippen molar-refractivity contribution in [3.8, 4) is 34.6 Å². The van der Waals surface area contributed by atoms with E-state index in [2.05, 4.69) is 137 Å². The van der Waals surface area contributed by atoms with Crippen molar-refractivity contribution in [2.75, 3.05) is 103 Å². The number of fused-ring (bicyclic) bond motifs is 6. The van der Waals surface area contributed by atoms with Crippen LogP contribution in [0.1, 0.15) is 27.8 Å². The van der Waals surface area contributed by atoms with Crippen molar-refractivity contribution in [1.82, 2.24) is 53.8 Å². The molecule has 0 saturated carbocycles. The number of nitrogens with zero attached hydrogens (tertiary/aromatic N) is 10. The van der Waals surface area contributed by atoms with Crippen molar-refractivity contribution >= 4 is 159 Å². The fraction of sp³-hybridized carbons (Fsp3) is 0.408. The maximum Gasteiger partial charge on any atom is 0.286 e. The predicted octanol–water partition coefficient (Wildman–Crippen LogP) is 14.6. The van der Waals surface area contributed by atoms with E-state index in [0.717, 1.165) is 169 Å². The molecule has 12 aromatic rings. The number of morpholine rings is 3. The average molecular weight is 1730 g/mol. The molecule has 12 heterocycles. The molecule has 1 radical (unpaired) electrons. The van der Waals surface area contributed by atoms with Crippen LogP contribution in [0.3, 0.4) is 0 Å². The number of nitrogens with one attached hydrogen (secondary N) is 2. The molecule has 569 valence electrons. The third kappa shape index (κ3) is 22.2. The van der Waals surface area contributed by atoms with Crippen LogP contribution in [0.15, 0.2) is 126 Å². The second-order valence-corrected chi connectivity index (χ2v) is 44.0. The molecule has 0 atom stereocenters. The zero-order valence-corrected chi connectivity index (χ0v) is 70.4. The molecule has 9 aromatic heterocycles. The Bertz CT molecular complexity index is 5200. The van der Waals surface area contributed by atoms with E-state index in [1.165, 1.54) is 0 Å². The standard InChI is InChI=1S/C27H34N4O3SSi.C22H24BrN3O2SSi.C21H20N4O2S.C5H10BF2NO.CH3I.FH/c1-19-13-20(17-30-6-8-33-9-7-30)14-22-25(19)29-26(23-15-21-5-11-35-24(21)16-28-23)31(27(22)32)18-34-10-12-36(2,3)4;1-14-9-16(23)11-17-20(14)25-21(18-10-15-5-7-29-19(15)12-24-18)26(22(17)27)13-28-6-8-30(2,3)4;1-13-8-14(12-25-3-5-27-6-4-25)9-16-19(13)23-20(24-21(16)26)17-10-15-2-7-28-18(15)11-22-17;7-6(8)5-9-1-3-10-4-2-9;1-2;/h5,11,13-16H,6-10,12,17-18H2,1-4H3;5,7,9-12H,6,8,13H2,1-4H3;2,7-11H,3-6,12H2,1H3,(H,23,24,26);1-5H2;1H3;1H/q;;;-1;;/p+1. The van der Waals surface area contributed by atoms with Crippen molar-refractivity contribution in [1.29, 1.82) is 0 Å². The topological polar surface area (TPSA) is 211 Å². The number of aromatic nitrogens is 9. The Morgan fingerprint density at radius 2 is 0.963 bits per heavy atom. The molecule has 15 rings (SSSR count). The summed E-state index contributed by atoms with van der Waals surface area (Å²) in [6.45, 7) is 32.5. The molecule has 0 bridgehead atoms. The number of alkyl halides is 1. The van der Waals surface area contributed by atoms with E-state index in [0.29, 0.717) is 82.7 Å². The fourth-order valence-corrected chi connectivity index (χ4v) is 16.9. The summed E-state index contributed by atoms with van der Waals surface area (Å²) in [7, 11) is -4.63. The lowest BCUT2D eigenvalue weighted by Gasteiger charge is -2.26. The minimum atomic E-state index is -2.17. The monoisotopic (exact) mass is 1730 g/mol. The van der Waals surface area contributed by atoms with E-state index in [4.69, 9.17) is 38.6 Å². The number of halogens is 5. The number of aryl methyl sites for hydroxylation is 3. The SMILES string of the molecule is CI.Cc1cc(Br)cc2c(=O)n(COCC[Si](C)(C)C)c(-c3cc4ccsc4cn3)nc12.Cc1cc(CN2CCOCC2)cc2c(=O)[nH]c(-c3cc4ccsc4cn3)nc12.Cc1cc(CN2CCOCC2)cc2c(=O)n(COCC[Si](C)(C)C)c(-c3cc4ccsc4cn3)nc12.F.F[B-](F)C[NH+]1CCOCC1. The van der Waals surface area contributed by atoms with Crippen LogP contribution in [0, 0.1) is 20.8 Å². The summed E-state index contributed by atoms with van der Waals surface area (Å²) in [6, 6.07) is 26.3. The molecule has 3 aliphatic heterocycles. The number of quaternary nitrogens is 1. The summed E-state index contributed by atoms with van der Waals surface area (Å²) in [5.41, 5.74) is 9.08. The summed E-state index contributed by atoms with van der Waals surface area (Å²) in [5.74, 6) is 1.60. The number of thiophene rings is 3. The Kier molecular flexibility index (Phi) is 29.9. The van der Waals surface area contributed by atoms with Crippen molar-refractivity contribution in [3.63, 3.8) is 0 Å². The van der Waals surface area contributed by atoms with Gasteiger partial charge in [-0.15, -0.1) is 34.0 Å². The second kappa shape index (κ2) is 38.5. The van der Waals surface area contributed by atoms with Gasteiger partial charge in [-0.05, 0) is 165 Å². The Hall–Kier alpha value is -6.41. The highest BCUT2D eigenvalue weighted by atomic mass is 127. The van der Waals surface area contributed by atoms with Gasteiger partial charge < -0.3 is 42.2 Å². The smallest absolute Gasteiger partial charge is 0.286 e. The molecule has 0 unspecified atom stereocenters. The Morgan fingerprint density at radius 3 is 1.41 bits per heavy atom. The molecular formula is C76H93BBrF3IN12O8S3Si2. The Balaban J connectivity index is 0.000000159. The van der Waals surface area contributed by atoms with E-state index >= 15 is 0 Å². The first-order chi connectivity index (χ1) is 51.0. The van der Waals surface area contributed by atoms with Crippen LogP contribution in [0.4, 0.5) is 13.3 Å². The minimum Gasteiger partial charge on any atom is -0.504 e. The quantitative estimate of drug-likeness (QED) is 0.0334. The number of pyridine rings is 3. The predicted molar refractivity (Wildman–Crippen MR) is 449 cm³/mol. The van der Waals surface area contributed by atoms with E-state index in [9.17, 15) is 23.0 Å². The molecule has 31 heteroatoms. The molecule has 3 saturated heterocycles. The summed E-state index contributed by atoms with van der Waals surface area (Å²) in [4.78, 5) is 79.1. The highest BCUT2D eigenvalue weighted by Gasteiger charge is 2.23. The summed E-state index contributed by atoms with van der Waals surface area (Å²) in [5, 5.41) is 11.3. The van der Waals surface area contributed by atoms with Crippen molar-refractivity contribution in [2.45, 2.75) is 98.7 Å². The van der Waals surface area contributed by atoms with Gasteiger partial charge in [-0.3, -0.25) is 53.0 Å². The first kappa shape index (κ1) is 83.1. The van der Waals surface area contributed by atoms with Gasteiger partial charge >= 0.3 is 0 Å². The molecule has 3 aromatic carbocycles. The largest absolute Gasteiger partial charge is 0.504 e. The van der Waals surface area contributed by atoms with E-state index in [1.54, 1.807) is 43.1 Å². The summed E-state index contributed by atoms with van der Waals surface area (Å²) in [6.07, 6.45) is 5.51.